The molecule has 0 spiro atoms. The first-order valence-electron chi connectivity index (χ1n) is 8.02. The molecule has 1 aliphatic heterocycles. The lowest BCUT2D eigenvalue weighted by Gasteiger charge is -2.16. The van der Waals surface area contributed by atoms with Gasteiger partial charge in [-0.05, 0) is 50.9 Å². The molecule has 146 valence electrons. The van der Waals surface area contributed by atoms with Crippen LogP contribution >= 0.6 is 15.9 Å². The van der Waals surface area contributed by atoms with Crippen molar-refractivity contribution in [2.24, 2.45) is 15.9 Å². The Bertz CT molecular complexity index is 955. The molecule has 2 heterocycles. The van der Waals surface area contributed by atoms with E-state index < -0.39 is 5.82 Å². The van der Waals surface area contributed by atoms with Crippen LogP contribution in [0.3, 0.4) is 0 Å². The highest BCUT2D eigenvalue weighted by Crippen LogP contribution is 2.22. The quantitative estimate of drug-likeness (QED) is 0.177. The molecule has 1 atom stereocenters. The molecule has 1 aromatic heterocycles. The first-order chi connectivity index (χ1) is 13.5. The SMILES string of the molecule is N#CN=C(N)N1CC[C@@H](Nc2nonc2C(=NO)Nc2ccc(F)c(Br)c2)C1. The first kappa shape index (κ1) is 19.4. The average Bonchev–Trinajstić information content (AvgIpc) is 3.33. The van der Waals surface area contributed by atoms with Gasteiger partial charge in [0.15, 0.2) is 5.69 Å². The average molecular weight is 452 g/mol. The number of guanidine groups is 1. The van der Waals surface area contributed by atoms with Crippen LogP contribution < -0.4 is 16.4 Å². The van der Waals surface area contributed by atoms with Crippen LogP contribution in [0.1, 0.15) is 12.1 Å². The van der Waals surface area contributed by atoms with Crippen LogP contribution in [0, 0.1) is 17.3 Å². The number of oxime groups is 1. The van der Waals surface area contributed by atoms with Crippen LogP contribution in [0.15, 0.2) is 37.4 Å². The molecule has 0 amide bonds. The van der Waals surface area contributed by atoms with E-state index in [4.69, 9.17) is 15.6 Å². The zero-order chi connectivity index (χ0) is 20.1. The number of anilines is 2. The van der Waals surface area contributed by atoms with Gasteiger partial charge in [-0.3, -0.25) is 0 Å². The monoisotopic (exact) mass is 451 g/mol. The fourth-order valence-corrected chi connectivity index (χ4v) is 3.06. The number of nitrogens with one attached hydrogen (secondary N) is 2. The number of aromatic nitrogens is 2. The van der Waals surface area contributed by atoms with Gasteiger partial charge in [-0.15, -0.1) is 4.99 Å². The molecule has 1 fully saturated rings. The van der Waals surface area contributed by atoms with Gasteiger partial charge in [0.2, 0.25) is 23.8 Å². The Morgan fingerprint density at radius 3 is 3.04 bits per heavy atom. The third-order valence-corrected chi connectivity index (χ3v) is 4.62. The number of amidine groups is 1. The lowest BCUT2D eigenvalue weighted by molar-refractivity contribution is 0.304. The van der Waals surface area contributed by atoms with Crippen molar-refractivity contribution in [3.05, 3.63) is 34.2 Å². The summed E-state index contributed by atoms with van der Waals surface area (Å²) in [5.74, 6) is -0.0678. The largest absolute Gasteiger partial charge is 0.409 e. The molecule has 0 unspecified atom stereocenters. The van der Waals surface area contributed by atoms with Crippen LogP contribution in [0.25, 0.3) is 0 Å². The molecule has 3 rings (SSSR count). The predicted octanol–water partition coefficient (Wildman–Crippen LogP) is 1.50. The second-order valence-electron chi connectivity index (χ2n) is 5.81. The van der Waals surface area contributed by atoms with E-state index in [1.54, 1.807) is 11.1 Å². The van der Waals surface area contributed by atoms with Gasteiger partial charge in [0.25, 0.3) is 0 Å². The molecular formula is C15H15BrFN9O2. The minimum Gasteiger partial charge on any atom is -0.409 e. The predicted molar refractivity (Wildman–Crippen MR) is 101 cm³/mol. The molecule has 5 N–H and O–H groups in total. The van der Waals surface area contributed by atoms with E-state index in [-0.39, 0.29) is 33.8 Å². The van der Waals surface area contributed by atoms with E-state index in [1.807, 2.05) is 0 Å². The van der Waals surface area contributed by atoms with E-state index in [0.717, 1.165) is 0 Å². The van der Waals surface area contributed by atoms with Gasteiger partial charge in [-0.1, -0.05) is 5.16 Å². The van der Waals surface area contributed by atoms with Crippen molar-refractivity contribution >= 4 is 39.2 Å². The number of likely N-dealkylation sites (tertiary alicyclic amines) is 1. The van der Waals surface area contributed by atoms with E-state index in [0.29, 0.717) is 25.2 Å². The summed E-state index contributed by atoms with van der Waals surface area (Å²) >= 11 is 3.09. The number of aliphatic imine (C=N–C) groups is 1. The highest BCUT2D eigenvalue weighted by Gasteiger charge is 2.27. The molecule has 28 heavy (non-hydrogen) atoms. The standard InChI is InChI=1S/C15H15BrFN9O2/c16-10-5-8(1-2-11(10)17)21-13(23-27)12-14(25-28-24-12)22-9-3-4-26(6-9)15(19)20-7-18/h1-2,5,9,27H,3-4,6H2,(H2,19,20)(H,21,23)(H,22,25)/t9-/m1/s1. The van der Waals surface area contributed by atoms with E-state index in [1.165, 1.54) is 18.2 Å². The summed E-state index contributed by atoms with van der Waals surface area (Å²) in [6, 6.07) is 4.13. The van der Waals surface area contributed by atoms with E-state index in [9.17, 15) is 9.60 Å². The van der Waals surface area contributed by atoms with Crippen molar-refractivity contribution in [2.75, 3.05) is 23.7 Å². The summed E-state index contributed by atoms with van der Waals surface area (Å²) in [6.07, 6.45) is 2.36. The van der Waals surface area contributed by atoms with Crippen LogP contribution in [-0.2, 0) is 0 Å². The van der Waals surface area contributed by atoms with Crippen molar-refractivity contribution in [3.8, 4) is 6.19 Å². The smallest absolute Gasteiger partial charge is 0.209 e. The Kier molecular flexibility index (Phi) is 5.90. The van der Waals surface area contributed by atoms with Crippen LogP contribution in [0.2, 0.25) is 0 Å². The van der Waals surface area contributed by atoms with Gasteiger partial charge in [-0.2, -0.15) is 5.26 Å². The number of halogens is 2. The maximum absolute atomic E-state index is 13.4. The molecule has 11 nitrogen and oxygen atoms in total. The highest BCUT2D eigenvalue weighted by atomic mass is 79.9. The minimum absolute atomic E-state index is 0.0392. The Morgan fingerprint density at radius 2 is 2.32 bits per heavy atom. The van der Waals surface area contributed by atoms with Crippen molar-refractivity contribution in [1.82, 2.24) is 15.2 Å². The molecule has 1 aromatic carbocycles. The Balaban J connectivity index is 1.71. The normalized spacial score (nSPS) is 17.5. The number of rotatable bonds is 4. The van der Waals surface area contributed by atoms with Gasteiger partial charge in [0.05, 0.1) is 4.47 Å². The minimum atomic E-state index is -0.427. The van der Waals surface area contributed by atoms with Gasteiger partial charge >= 0.3 is 0 Å². The fraction of sp³-hybridized carbons (Fsp3) is 0.267. The molecule has 0 radical (unpaired) electrons. The van der Waals surface area contributed by atoms with E-state index in [2.05, 4.69) is 47.0 Å². The second kappa shape index (κ2) is 8.53. The topological polar surface area (TPSA) is 161 Å². The zero-order valence-corrected chi connectivity index (χ0v) is 15.9. The van der Waals surface area contributed by atoms with Crippen molar-refractivity contribution < 1.29 is 14.2 Å². The molecule has 13 heteroatoms. The molecule has 0 saturated carbocycles. The summed E-state index contributed by atoms with van der Waals surface area (Å²) in [5, 5.41) is 34.7. The lowest BCUT2D eigenvalue weighted by Crippen LogP contribution is -2.37. The molecular weight excluding hydrogens is 437 g/mol. The van der Waals surface area contributed by atoms with Crippen molar-refractivity contribution in [3.63, 3.8) is 0 Å². The number of nitriles is 1. The third-order valence-electron chi connectivity index (χ3n) is 4.01. The van der Waals surface area contributed by atoms with Gasteiger partial charge < -0.3 is 26.5 Å². The van der Waals surface area contributed by atoms with Crippen molar-refractivity contribution in [1.29, 1.82) is 5.26 Å². The Morgan fingerprint density at radius 1 is 1.50 bits per heavy atom. The molecule has 0 bridgehead atoms. The third kappa shape index (κ3) is 4.29. The number of nitrogens with zero attached hydrogens (tertiary/aromatic N) is 6. The summed E-state index contributed by atoms with van der Waals surface area (Å²) in [7, 11) is 0. The van der Waals surface area contributed by atoms with Gasteiger partial charge in [0, 0.05) is 24.8 Å². The first-order valence-corrected chi connectivity index (χ1v) is 8.82. The highest BCUT2D eigenvalue weighted by molar-refractivity contribution is 9.10. The maximum Gasteiger partial charge on any atom is 0.209 e. The second-order valence-corrected chi connectivity index (χ2v) is 6.66. The Labute approximate surface area is 166 Å². The van der Waals surface area contributed by atoms with E-state index >= 15 is 0 Å². The van der Waals surface area contributed by atoms with Gasteiger partial charge in [-0.25, -0.2) is 9.02 Å². The summed E-state index contributed by atoms with van der Waals surface area (Å²) in [5.41, 5.74) is 6.32. The Hall–Kier alpha value is -3.40. The lowest BCUT2D eigenvalue weighted by atomic mass is 10.2. The number of hydrogen-bond donors (Lipinski definition) is 4. The summed E-state index contributed by atoms with van der Waals surface area (Å²) < 4.78 is 18.4. The summed E-state index contributed by atoms with van der Waals surface area (Å²) in [4.78, 5) is 5.27. The zero-order valence-electron chi connectivity index (χ0n) is 14.3. The van der Waals surface area contributed by atoms with Crippen LogP contribution in [0.4, 0.5) is 15.9 Å². The number of hydrogen-bond acceptors (Lipinski definition) is 8. The van der Waals surface area contributed by atoms with Crippen LogP contribution in [-0.4, -0.2) is 51.3 Å². The molecule has 1 saturated heterocycles. The maximum atomic E-state index is 13.4. The molecule has 2 aromatic rings. The number of benzene rings is 1. The molecule has 0 aliphatic carbocycles. The fourth-order valence-electron chi connectivity index (χ4n) is 2.68. The molecule has 1 aliphatic rings. The van der Waals surface area contributed by atoms with Crippen LogP contribution in [0.5, 0.6) is 0 Å². The summed E-state index contributed by atoms with van der Waals surface area (Å²) in [6.45, 7) is 1.10. The van der Waals surface area contributed by atoms with Gasteiger partial charge in [0.1, 0.15) is 5.82 Å². The number of nitrogens with two attached hydrogens (primary N) is 1. The van der Waals surface area contributed by atoms with Crippen molar-refractivity contribution in [2.45, 2.75) is 12.5 Å².